The first-order chi connectivity index (χ1) is 10.2. The van der Waals surface area contributed by atoms with E-state index in [-0.39, 0.29) is 0 Å². The molecule has 0 bridgehead atoms. The molecule has 108 valence electrons. The Morgan fingerprint density at radius 2 is 1.76 bits per heavy atom. The van der Waals surface area contributed by atoms with Crippen LogP contribution in [0.15, 0.2) is 54.7 Å². The summed E-state index contributed by atoms with van der Waals surface area (Å²) in [4.78, 5) is 0. The summed E-state index contributed by atoms with van der Waals surface area (Å²) in [6.07, 6.45) is 2.15. The maximum Gasteiger partial charge on any atom is 0.0486 e. The summed E-state index contributed by atoms with van der Waals surface area (Å²) in [6.45, 7) is 5.94. The maximum atomic E-state index is 5.81. The SMILES string of the molecule is CC(C)c1ccc(Cn2ccc3c(CN)cccc32)cc1. The topological polar surface area (TPSA) is 30.9 Å². The van der Waals surface area contributed by atoms with Crippen LogP contribution in [0.5, 0.6) is 0 Å². The van der Waals surface area contributed by atoms with Crippen molar-refractivity contribution < 1.29 is 0 Å². The number of hydrogen-bond acceptors (Lipinski definition) is 1. The lowest BCUT2D eigenvalue weighted by atomic mass is 10.0. The molecule has 0 unspecified atom stereocenters. The van der Waals surface area contributed by atoms with E-state index in [2.05, 4.69) is 73.1 Å². The van der Waals surface area contributed by atoms with Crippen LogP contribution in [-0.4, -0.2) is 4.57 Å². The Balaban J connectivity index is 1.91. The molecule has 0 atom stereocenters. The second-order valence-corrected chi connectivity index (χ2v) is 5.89. The summed E-state index contributed by atoms with van der Waals surface area (Å²) < 4.78 is 2.29. The van der Waals surface area contributed by atoms with Crippen LogP contribution < -0.4 is 5.73 Å². The van der Waals surface area contributed by atoms with Gasteiger partial charge in [-0.3, -0.25) is 0 Å². The molecule has 0 saturated carbocycles. The van der Waals surface area contributed by atoms with Gasteiger partial charge in [0, 0.05) is 30.2 Å². The van der Waals surface area contributed by atoms with Crippen molar-refractivity contribution in [1.82, 2.24) is 4.57 Å². The highest BCUT2D eigenvalue weighted by Crippen LogP contribution is 2.22. The van der Waals surface area contributed by atoms with Crippen molar-refractivity contribution in [1.29, 1.82) is 0 Å². The molecule has 0 saturated heterocycles. The molecule has 2 N–H and O–H groups in total. The zero-order valence-corrected chi connectivity index (χ0v) is 12.7. The van der Waals surface area contributed by atoms with E-state index in [9.17, 15) is 0 Å². The number of hydrogen-bond donors (Lipinski definition) is 1. The lowest BCUT2D eigenvalue weighted by Gasteiger charge is -2.09. The van der Waals surface area contributed by atoms with E-state index in [4.69, 9.17) is 5.73 Å². The lowest BCUT2D eigenvalue weighted by molar-refractivity contribution is 0.828. The molecule has 3 rings (SSSR count). The average Bonchev–Trinajstić information content (AvgIpc) is 2.91. The Hall–Kier alpha value is -2.06. The number of aromatic nitrogens is 1. The van der Waals surface area contributed by atoms with Crippen molar-refractivity contribution in [3.8, 4) is 0 Å². The van der Waals surface area contributed by atoms with Gasteiger partial charge in [-0.25, -0.2) is 0 Å². The molecule has 0 aliphatic rings. The van der Waals surface area contributed by atoms with Crippen molar-refractivity contribution in [3.63, 3.8) is 0 Å². The normalized spacial score (nSPS) is 11.4. The minimum atomic E-state index is 0.582. The highest BCUT2D eigenvalue weighted by molar-refractivity contribution is 5.83. The minimum Gasteiger partial charge on any atom is -0.343 e. The number of benzene rings is 2. The Labute approximate surface area is 126 Å². The van der Waals surface area contributed by atoms with E-state index in [1.54, 1.807) is 0 Å². The standard InChI is InChI=1S/C19H22N2/c1-14(2)16-8-6-15(7-9-16)13-21-11-10-18-17(12-20)4-3-5-19(18)21/h3-11,14H,12-13,20H2,1-2H3. The van der Waals surface area contributed by atoms with Gasteiger partial charge in [0.2, 0.25) is 0 Å². The van der Waals surface area contributed by atoms with Gasteiger partial charge in [0.05, 0.1) is 0 Å². The van der Waals surface area contributed by atoms with Gasteiger partial charge >= 0.3 is 0 Å². The summed E-state index contributed by atoms with van der Waals surface area (Å²) in [5.41, 5.74) is 11.0. The number of rotatable bonds is 4. The van der Waals surface area contributed by atoms with Gasteiger partial charge < -0.3 is 10.3 Å². The van der Waals surface area contributed by atoms with Crippen molar-refractivity contribution in [2.24, 2.45) is 5.73 Å². The third-order valence-corrected chi connectivity index (χ3v) is 4.12. The van der Waals surface area contributed by atoms with Crippen LogP contribution in [0, 0.1) is 0 Å². The summed E-state index contributed by atoms with van der Waals surface area (Å²) >= 11 is 0. The molecule has 1 heterocycles. The van der Waals surface area contributed by atoms with Crippen LogP contribution >= 0.6 is 0 Å². The fraction of sp³-hybridized carbons (Fsp3) is 0.263. The molecular weight excluding hydrogens is 256 g/mol. The van der Waals surface area contributed by atoms with Gasteiger partial charge in [-0.2, -0.15) is 0 Å². The third-order valence-electron chi connectivity index (χ3n) is 4.12. The van der Waals surface area contributed by atoms with Gasteiger partial charge in [0.15, 0.2) is 0 Å². The van der Waals surface area contributed by atoms with Crippen molar-refractivity contribution >= 4 is 10.9 Å². The first kappa shape index (κ1) is 13.9. The first-order valence-electron chi connectivity index (χ1n) is 7.54. The van der Waals surface area contributed by atoms with Gasteiger partial charge in [0.1, 0.15) is 0 Å². The molecule has 1 aromatic heterocycles. The van der Waals surface area contributed by atoms with Crippen LogP contribution in [0.25, 0.3) is 10.9 Å². The van der Waals surface area contributed by atoms with Gasteiger partial charge in [0.25, 0.3) is 0 Å². The largest absolute Gasteiger partial charge is 0.343 e. The van der Waals surface area contributed by atoms with Gasteiger partial charge in [-0.15, -0.1) is 0 Å². The van der Waals surface area contributed by atoms with Crippen LogP contribution in [0.3, 0.4) is 0 Å². The van der Waals surface area contributed by atoms with Crippen LogP contribution in [0.2, 0.25) is 0 Å². The van der Waals surface area contributed by atoms with Gasteiger partial charge in [-0.1, -0.05) is 50.2 Å². The Bertz CT molecular complexity index is 736. The van der Waals surface area contributed by atoms with Crippen LogP contribution in [0.1, 0.15) is 36.5 Å². The van der Waals surface area contributed by atoms with E-state index in [1.165, 1.54) is 27.6 Å². The molecule has 2 nitrogen and oxygen atoms in total. The summed E-state index contributed by atoms with van der Waals surface area (Å²) in [7, 11) is 0. The monoisotopic (exact) mass is 278 g/mol. The zero-order chi connectivity index (χ0) is 14.8. The van der Waals surface area contributed by atoms with Crippen molar-refractivity contribution in [2.75, 3.05) is 0 Å². The second-order valence-electron chi connectivity index (χ2n) is 5.89. The third kappa shape index (κ3) is 2.72. The van der Waals surface area contributed by atoms with E-state index in [1.807, 2.05) is 0 Å². The Morgan fingerprint density at radius 1 is 1.00 bits per heavy atom. The van der Waals surface area contributed by atoms with Crippen LogP contribution in [0.4, 0.5) is 0 Å². The van der Waals surface area contributed by atoms with Gasteiger partial charge in [-0.05, 0) is 34.7 Å². The molecule has 2 aromatic carbocycles. The molecule has 3 aromatic rings. The molecule has 0 amide bonds. The fourth-order valence-electron chi connectivity index (χ4n) is 2.81. The van der Waals surface area contributed by atoms with E-state index >= 15 is 0 Å². The molecular formula is C19H22N2. The van der Waals surface area contributed by atoms with Crippen molar-refractivity contribution in [3.05, 3.63) is 71.4 Å². The molecule has 21 heavy (non-hydrogen) atoms. The van der Waals surface area contributed by atoms with E-state index in [0.29, 0.717) is 12.5 Å². The summed E-state index contributed by atoms with van der Waals surface area (Å²) in [6, 6.07) is 17.4. The fourth-order valence-corrected chi connectivity index (χ4v) is 2.81. The van der Waals surface area contributed by atoms with E-state index < -0.39 is 0 Å². The lowest BCUT2D eigenvalue weighted by Crippen LogP contribution is -2.00. The number of fused-ring (bicyclic) bond motifs is 1. The Kier molecular flexibility index (Phi) is 3.80. The minimum absolute atomic E-state index is 0.582. The predicted molar refractivity (Wildman–Crippen MR) is 89.5 cm³/mol. The molecule has 0 aliphatic heterocycles. The molecule has 2 heteroatoms. The zero-order valence-electron chi connectivity index (χ0n) is 12.7. The van der Waals surface area contributed by atoms with Crippen LogP contribution in [-0.2, 0) is 13.1 Å². The molecule has 0 fully saturated rings. The maximum absolute atomic E-state index is 5.81. The summed E-state index contributed by atoms with van der Waals surface area (Å²) in [5, 5.41) is 1.26. The highest BCUT2D eigenvalue weighted by atomic mass is 14.9. The second kappa shape index (κ2) is 5.74. The molecule has 0 spiro atoms. The average molecular weight is 278 g/mol. The smallest absolute Gasteiger partial charge is 0.0486 e. The number of nitrogens with zero attached hydrogens (tertiary/aromatic N) is 1. The van der Waals surface area contributed by atoms with E-state index in [0.717, 1.165) is 6.54 Å². The quantitative estimate of drug-likeness (QED) is 0.759. The first-order valence-corrected chi connectivity index (χ1v) is 7.54. The predicted octanol–water partition coefficient (Wildman–Crippen LogP) is 4.27. The number of nitrogens with two attached hydrogens (primary N) is 1. The Morgan fingerprint density at radius 3 is 2.43 bits per heavy atom. The molecule has 0 radical (unpaired) electrons. The summed E-state index contributed by atoms with van der Waals surface area (Å²) in [5.74, 6) is 0.582. The van der Waals surface area contributed by atoms with Crippen molar-refractivity contribution in [2.45, 2.75) is 32.9 Å². The highest BCUT2D eigenvalue weighted by Gasteiger charge is 2.05. The molecule has 0 aliphatic carbocycles.